The summed E-state index contributed by atoms with van der Waals surface area (Å²) in [6.07, 6.45) is 4.53. The summed E-state index contributed by atoms with van der Waals surface area (Å²) in [4.78, 5) is 12.3. The van der Waals surface area contributed by atoms with Crippen LogP contribution in [-0.2, 0) is 6.42 Å². The predicted molar refractivity (Wildman–Crippen MR) is 72.1 cm³/mol. The SMILES string of the molecule is Cc1[nH]n(-c2ccc(F)cc2)c(=O)c1CCC1CC1. The summed E-state index contributed by atoms with van der Waals surface area (Å²) >= 11 is 0. The quantitative estimate of drug-likeness (QED) is 0.901. The Labute approximate surface area is 111 Å². The van der Waals surface area contributed by atoms with Gasteiger partial charge in [-0.2, -0.15) is 0 Å². The van der Waals surface area contributed by atoms with Crippen LogP contribution < -0.4 is 5.56 Å². The Balaban J connectivity index is 1.91. The van der Waals surface area contributed by atoms with Gasteiger partial charge in [-0.15, -0.1) is 0 Å². The molecule has 1 fully saturated rings. The third-order valence-electron chi connectivity index (χ3n) is 3.78. The molecule has 1 N–H and O–H groups in total. The van der Waals surface area contributed by atoms with Crippen molar-refractivity contribution in [2.24, 2.45) is 5.92 Å². The monoisotopic (exact) mass is 260 g/mol. The minimum absolute atomic E-state index is 0.00948. The van der Waals surface area contributed by atoms with Crippen LogP contribution in [0.3, 0.4) is 0 Å². The summed E-state index contributed by atoms with van der Waals surface area (Å²) in [6, 6.07) is 5.94. The molecule has 3 rings (SSSR count). The Morgan fingerprint density at radius 3 is 2.63 bits per heavy atom. The van der Waals surface area contributed by atoms with Crippen LogP contribution in [0.5, 0.6) is 0 Å². The lowest BCUT2D eigenvalue weighted by Crippen LogP contribution is -2.17. The molecule has 3 nitrogen and oxygen atoms in total. The number of aryl methyl sites for hydroxylation is 1. The van der Waals surface area contributed by atoms with Crippen molar-refractivity contribution in [2.75, 3.05) is 0 Å². The highest BCUT2D eigenvalue weighted by Crippen LogP contribution is 2.33. The van der Waals surface area contributed by atoms with Crippen molar-refractivity contribution in [3.05, 3.63) is 51.7 Å². The van der Waals surface area contributed by atoms with Crippen molar-refractivity contribution in [3.63, 3.8) is 0 Å². The lowest BCUT2D eigenvalue weighted by molar-refractivity contribution is 0.627. The number of hydrogen-bond acceptors (Lipinski definition) is 1. The van der Waals surface area contributed by atoms with E-state index in [1.165, 1.54) is 29.7 Å². The van der Waals surface area contributed by atoms with E-state index in [4.69, 9.17) is 0 Å². The zero-order valence-corrected chi connectivity index (χ0v) is 10.9. The first-order valence-corrected chi connectivity index (χ1v) is 6.71. The molecule has 1 aliphatic carbocycles. The van der Waals surface area contributed by atoms with Gasteiger partial charge < -0.3 is 0 Å². The number of halogens is 1. The molecule has 0 atom stereocenters. The number of nitrogens with zero attached hydrogens (tertiary/aromatic N) is 1. The standard InChI is InChI=1S/C15H17FN2O/c1-10-14(9-4-11-2-3-11)15(19)18(17-10)13-7-5-12(16)6-8-13/h5-8,11,17H,2-4,9H2,1H3. The third kappa shape index (κ3) is 2.48. The number of rotatable bonds is 4. The highest BCUT2D eigenvalue weighted by Gasteiger charge is 2.22. The topological polar surface area (TPSA) is 37.8 Å². The molecule has 0 amide bonds. The van der Waals surface area contributed by atoms with Crippen molar-refractivity contribution < 1.29 is 4.39 Å². The summed E-state index contributed by atoms with van der Waals surface area (Å²) in [5, 5.41) is 3.07. The molecule has 0 spiro atoms. The number of nitrogens with one attached hydrogen (secondary N) is 1. The number of benzene rings is 1. The van der Waals surface area contributed by atoms with E-state index in [2.05, 4.69) is 5.10 Å². The molecule has 1 aliphatic rings. The van der Waals surface area contributed by atoms with Gasteiger partial charge in [0.2, 0.25) is 0 Å². The van der Waals surface area contributed by atoms with Crippen molar-refractivity contribution in [1.82, 2.24) is 9.78 Å². The number of hydrogen-bond donors (Lipinski definition) is 1. The normalized spacial score (nSPS) is 14.8. The molecule has 1 saturated carbocycles. The van der Waals surface area contributed by atoms with Gasteiger partial charge in [0.1, 0.15) is 5.82 Å². The predicted octanol–water partition coefficient (Wildman–Crippen LogP) is 2.96. The summed E-state index contributed by atoms with van der Waals surface area (Å²) in [6.45, 7) is 1.92. The second kappa shape index (κ2) is 4.68. The molecule has 100 valence electrons. The molecule has 4 heteroatoms. The molecule has 1 aromatic carbocycles. The van der Waals surface area contributed by atoms with Crippen LogP contribution in [0.2, 0.25) is 0 Å². The Morgan fingerprint density at radius 1 is 1.32 bits per heavy atom. The van der Waals surface area contributed by atoms with Crippen LogP contribution in [-0.4, -0.2) is 9.78 Å². The highest BCUT2D eigenvalue weighted by atomic mass is 19.1. The second-order valence-electron chi connectivity index (χ2n) is 5.31. The number of aromatic amines is 1. The van der Waals surface area contributed by atoms with Gasteiger partial charge in [-0.05, 0) is 49.9 Å². The van der Waals surface area contributed by atoms with E-state index in [9.17, 15) is 9.18 Å². The molecule has 19 heavy (non-hydrogen) atoms. The van der Waals surface area contributed by atoms with Crippen LogP contribution in [0.4, 0.5) is 4.39 Å². The molecule has 0 radical (unpaired) electrons. The Hall–Kier alpha value is -1.84. The molecule has 1 aromatic heterocycles. The van der Waals surface area contributed by atoms with Crippen molar-refractivity contribution in [1.29, 1.82) is 0 Å². The fourth-order valence-corrected chi connectivity index (χ4v) is 2.40. The maximum atomic E-state index is 12.9. The van der Waals surface area contributed by atoms with E-state index in [-0.39, 0.29) is 11.4 Å². The van der Waals surface area contributed by atoms with E-state index in [0.29, 0.717) is 5.69 Å². The minimum atomic E-state index is -0.297. The van der Waals surface area contributed by atoms with Gasteiger partial charge in [0, 0.05) is 11.3 Å². The first-order chi connectivity index (χ1) is 9.15. The molecule has 2 aromatic rings. The van der Waals surface area contributed by atoms with Crippen molar-refractivity contribution >= 4 is 0 Å². The molecule has 0 bridgehead atoms. The third-order valence-corrected chi connectivity index (χ3v) is 3.78. The highest BCUT2D eigenvalue weighted by molar-refractivity contribution is 5.33. The van der Waals surface area contributed by atoms with Crippen LogP contribution in [0.15, 0.2) is 29.1 Å². The van der Waals surface area contributed by atoms with Gasteiger partial charge in [0.15, 0.2) is 0 Å². The fourth-order valence-electron chi connectivity index (χ4n) is 2.40. The average molecular weight is 260 g/mol. The smallest absolute Gasteiger partial charge is 0.274 e. The molecule has 1 heterocycles. The summed E-state index contributed by atoms with van der Waals surface area (Å²) in [5.74, 6) is 0.516. The Kier molecular flexibility index (Phi) is 3.01. The summed E-state index contributed by atoms with van der Waals surface area (Å²) in [7, 11) is 0. The fraction of sp³-hybridized carbons (Fsp3) is 0.400. The molecular formula is C15H17FN2O. The van der Waals surface area contributed by atoms with E-state index in [1.807, 2.05) is 6.92 Å². The van der Waals surface area contributed by atoms with Gasteiger partial charge in [-0.1, -0.05) is 12.8 Å². The van der Waals surface area contributed by atoms with Gasteiger partial charge in [-0.25, -0.2) is 9.07 Å². The van der Waals surface area contributed by atoms with Gasteiger partial charge in [-0.3, -0.25) is 9.89 Å². The first-order valence-electron chi connectivity index (χ1n) is 6.71. The van der Waals surface area contributed by atoms with Gasteiger partial charge in [0.25, 0.3) is 5.56 Å². The lowest BCUT2D eigenvalue weighted by atomic mass is 10.1. The maximum Gasteiger partial charge on any atom is 0.274 e. The zero-order valence-electron chi connectivity index (χ0n) is 10.9. The van der Waals surface area contributed by atoms with Crippen LogP contribution in [0.25, 0.3) is 5.69 Å². The van der Waals surface area contributed by atoms with E-state index < -0.39 is 0 Å². The van der Waals surface area contributed by atoms with Crippen LogP contribution >= 0.6 is 0 Å². The van der Waals surface area contributed by atoms with Crippen molar-refractivity contribution in [2.45, 2.75) is 32.6 Å². The Bertz CT molecular complexity index is 635. The molecular weight excluding hydrogens is 243 g/mol. The van der Waals surface area contributed by atoms with Gasteiger partial charge in [0.05, 0.1) is 5.69 Å². The first kappa shape index (κ1) is 12.2. The molecule has 0 aliphatic heterocycles. The van der Waals surface area contributed by atoms with Crippen LogP contribution in [0.1, 0.15) is 30.5 Å². The number of aromatic nitrogens is 2. The largest absolute Gasteiger partial charge is 0.295 e. The second-order valence-corrected chi connectivity index (χ2v) is 5.31. The molecule has 0 unspecified atom stereocenters. The average Bonchev–Trinajstić information content (AvgIpc) is 3.17. The summed E-state index contributed by atoms with van der Waals surface area (Å²) < 4.78 is 14.4. The molecule has 0 saturated heterocycles. The summed E-state index contributed by atoms with van der Waals surface area (Å²) in [5.41, 5.74) is 2.43. The maximum absolute atomic E-state index is 12.9. The number of H-pyrrole nitrogens is 1. The van der Waals surface area contributed by atoms with E-state index >= 15 is 0 Å². The minimum Gasteiger partial charge on any atom is -0.295 e. The van der Waals surface area contributed by atoms with Crippen molar-refractivity contribution in [3.8, 4) is 5.69 Å². The van der Waals surface area contributed by atoms with E-state index in [1.54, 1.807) is 12.1 Å². The van der Waals surface area contributed by atoms with Gasteiger partial charge >= 0.3 is 0 Å². The Morgan fingerprint density at radius 2 is 2.00 bits per heavy atom. The zero-order chi connectivity index (χ0) is 13.4. The van der Waals surface area contributed by atoms with Crippen LogP contribution in [0, 0.1) is 18.7 Å². The van der Waals surface area contributed by atoms with E-state index in [0.717, 1.165) is 30.0 Å². The lowest BCUT2D eigenvalue weighted by Gasteiger charge is -2.00.